The molecule has 0 radical (unpaired) electrons. The van der Waals surface area contributed by atoms with Crippen molar-refractivity contribution in [3.63, 3.8) is 0 Å². The number of nitro benzene ring substituents is 1. The minimum absolute atomic E-state index is 0.0222. The Morgan fingerprint density at radius 2 is 1.89 bits per heavy atom. The van der Waals surface area contributed by atoms with E-state index in [4.69, 9.17) is 14.2 Å². The van der Waals surface area contributed by atoms with Crippen molar-refractivity contribution in [2.45, 2.75) is 6.92 Å². The molecule has 4 aromatic rings. The first-order chi connectivity index (χ1) is 18.0. The second kappa shape index (κ2) is 11.8. The molecular formula is C26H22N4O6S. The summed E-state index contributed by atoms with van der Waals surface area (Å²) in [5.74, 6) is 0.522. The van der Waals surface area contributed by atoms with Gasteiger partial charge in [-0.3, -0.25) is 15.5 Å². The Labute approximate surface area is 216 Å². The van der Waals surface area contributed by atoms with E-state index in [2.05, 4.69) is 15.5 Å². The molecule has 0 saturated carbocycles. The lowest BCUT2D eigenvalue weighted by Crippen LogP contribution is -2.11. The minimum atomic E-state index is -0.561. The highest BCUT2D eigenvalue weighted by Gasteiger charge is 2.17. The van der Waals surface area contributed by atoms with E-state index in [0.29, 0.717) is 40.1 Å². The maximum absolute atomic E-state index is 12.7. The summed E-state index contributed by atoms with van der Waals surface area (Å²) in [6.07, 6.45) is 1.58. The van der Waals surface area contributed by atoms with Gasteiger partial charge in [-0.15, -0.1) is 11.3 Å². The molecule has 0 atom stereocenters. The predicted molar refractivity (Wildman–Crippen MR) is 141 cm³/mol. The Hall–Kier alpha value is -4.77. The number of non-ortho nitro benzene ring substituents is 1. The van der Waals surface area contributed by atoms with E-state index in [1.165, 1.54) is 30.6 Å². The summed E-state index contributed by atoms with van der Waals surface area (Å²) in [5.41, 5.74) is 5.35. The summed E-state index contributed by atoms with van der Waals surface area (Å²) in [6.45, 7) is 2.21. The fourth-order valence-electron chi connectivity index (χ4n) is 3.30. The lowest BCUT2D eigenvalue weighted by molar-refractivity contribution is -0.384. The molecule has 188 valence electrons. The lowest BCUT2D eigenvalue weighted by atomic mass is 10.1. The Morgan fingerprint density at radius 3 is 2.62 bits per heavy atom. The average Bonchev–Trinajstić information content (AvgIpc) is 3.39. The van der Waals surface area contributed by atoms with Crippen molar-refractivity contribution in [3.05, 3.63) is 93.4 Å². The van der Waals surface area contributed by atoms with Crippen LogP contribution in [0.5, 0.6) is 17.2 Å². The summed E-state index contributed by atoms with van der Waals surface area (Å²) in [5, 5.41) is 17.4. The van der Waals surface area contributed by atoms with E-state index in [0.717, 1.165) is 5.56 Å². The smallest absolute Gasteiger partial charge is 0.347 e. The zero-order valence-electron chi connectivity index (χ0n) is 19.9. The molecule has 0 aliphatic rings. The number of nitro groups is 1. The van der Waals surface area contributed by atoms with Gasteiger partial charge in [0.25, 0.3) is 5.69 Å². The van der Waals surface area contributed by atoms with Crippen molar-refractivity contribution >= 4 is 34.3 Å². The molecule has 0 unspecified atom stereocenters. The van der Waals surface area contributed by atoms with Gasteiger partial charge in [-0.2, -0.15) is 5.10 Å². The van der Waals surface area contributed by atoms with Crippen LogP contribution in [0.15, 0.2) is 77.2 Å². The van der Waals surface area contributed by atoms with Crippen LogP contribution in [0.3, 0.4) is 0 Å². The van der Waals surface area contributed by atoms with Crippen LogP contribution in [-0.2, 0) is 0 Å². The number of hydrogen-bond donors (Lipinski definition) is 1. The summed E-state index contributed by atoms with van der Waals surface area (Å²) in [6, 6.07) is 18.1. The van der Waals surface area contributed by atoms with Crippen LogP contribution in [-0.4, -0.2) is 35.8 Å². The molecule has 4 rings (SSSR count). The van der Waals surface area contributed by atoms with Crippen LogP contribution in [0.1, 0.15) is 22.8 Å². The third kappa shape index (κ3) is 6.27. The number of rotatable bonds is 10. The Bertz CT molecular complexity index is 1440. The van der Waals surface area contributed by atoms with Gasteiger partial charge in [0.05, 0.1) is 30.5 Å². The number of nitrogens with zero attached hydrogens (tertiary/aromatic N) is 3. The first-order valence-electron chi connectivity index (χ1n) is 11.1. The maximum atomic E-state index is 12.7. The number of aromatic nitrogens is 1. The van der Waals surface area contributed by atoms with Crippen molar-refractivity contribution in [2.75, 3.05) is 19.1 Å². The number of carbonyl (C=O) groups is 1. The van der Waals surface area contributed by atoms with Gasteiger partial charge in [-0.25, -0.2) is 9.78 Å². The minimum Gasteiger partial charge on any atom is -0.496 e. The van der Waals surface area contributed by atoms with Crippen molar-refractivity contribution in [2.24, 2.45) is 5.10 Å². The van der Waals surface area contributed by atoms with Crippen LogP contribution >= 0.6 is 11.3 Å². The molecule has 10 nitrogen and oxygen atoms in total. The number of nitrogens with one attached hydrogen (secondary N) is 1. The van der Waals surface area contributed by atoms with Gasteiger partial charge in [0.1, 0.15) is 11.3 Å². The van der Waals surface area contributed by atoms with Crippen LogP contribution in [0.4, 0.5) is 10.8 Å². The molecule has 37 heavy (non-hydrogen) atoms. The second-order valence-corrected chi connectivity index (χ2v) is 8.30. The van der Waals surface area contributed by atoms with Gasteiger partial charge in [-0.05, 0) is 55.0 Å². The van der Waals surface area contributed by atoms with Gasteiger partial charge in [-0.1, -0.05) is 12.1 Å². The van der Waals surface area contributed by atoms with Crippen LogP contribution in [0.25, 0.3) is 11.3 Å². The van der Waals surface area contributed by atoms with E-state index in [-0.39, 0.29) is 11.4 Å². The summed E-state index contributed by atoms with van der Waals surface area (Å²) in [7, 11) is 1.49. The Morgan fingerprint density at radius 1 is 1.11 bits per heavy atom. The van der Waals surface area contributed by atoms with Crippen LogP contribution < -0.4 is 19.6 Å². The first kappa shape index (κ1) is 25.3. The van der Waals surface area contributed by atoms with Crippen molar-refractivity contribution in [3.8, 4) is 28.5 Å². The van der Waals surface area contributed by atoms with E-state index in [1.807, 2.05) is 12.3 Å². The highest BCUT2D eigenvalue weighted by atomic mass is 32.1. The molecule has 0 aliphatic carbocycles. The molecule has 11 heteroatoms. The fraction of sp³-hybridized carbons (Fsp3) is 0.115. The van der Waals surface area contributed by atoms with Crippen LogP contribution in [0, 0.1) is 10.1 Å². The predicted octanol–water partition coefficient (Wildman–Crippen LogP) is 5.79. The number of benzene rings is 3. The van der Waals surface area contributed by atoms with Crippen molar-refractivity contribution in [1.29, 1.82) is 0 Å². The third-order valence-electron chi connectivity index (χ3n) is 5.05. The number of anilines is 1. The normalized spacial score (nSPS) is 10.8. The largest absolute Gasteiger partial charge is 0.496 e. The topological polar surface area (TPSA) is 125 Å². The van der Waals surface area contributed by atoms with Gasteiger partial charge < -0.3 is 14.2 Å². The zero-order valence-corrected chi connectivity index (χ0v) is 20.7. The number of ether oxygens (including phenoxy) is 3. The van der Waals surface area contributed by atoms with Gasteiger partial charge in [0.15, 0.2) is 11.5 Å². The van der Waals surface area contributed by atoms with Crippen LogP contribution in [0.2, 0.25) is 0 Å². The molecule has 1 heterocycles. The molecule has 1 aromatic heterocycles. The summed E-state index contributed by atoms with van der Waals surface area (Å²) in [4.78, 5) is 27.5. The van der Waals surface area contributed by atoms with E-state index < -0.39 is 10.9 Å². The standard InChI is InChI=1S/C26H22N4O6S/c1-3-35-24-14-17(8-13-23(24)36-25(31)20-6-4-5-7-22(20)34-2)15-27-29-26-28-21(16-37-26)18-9-11-19(12-10-18)30(32)33/h4-16H,3H2,1-2H3,(H,28,29)/b27-15-. The molecule has 0 bridgehead atoms. The number of methoxy groups -OCH3 is 1. The zero-order chi connectivity index (χ0) is 26.2. The first-order valence-corrected chi connectivity index (χ1v) is 12.0. The van der Waals surface area contributed by atoms with Crippen molar-refractivity contribution in [1.82, 2.24) is 4.98 Å². The number of esters is 1. The Balaban J connectivity index is 1.43. The molecule has 0 saturated heterocycles. The Kier molecular flexibility index (Phi) is 8.06. The highest BCUT2D eigenvalue weighted by Crippen LogP contribution is 2.30. The molecule has 0 aliphatic heterocycles. The molecule has 0 amide bonds. The van der Waals surface area contributed by atoms with Crippen molar-refractivity contribution < 1.29 is 23.9 Å². The SMILES string of the molecule is CCOc1cc(/C=N\Nc2nc(-c3ccc([N+](=O)[O-])cc3)cs2)ccc1OC(=O)c1ccccc1OC. The number of thiazole rings is 1. The molecule has 1 N–H and O–H groups in total. The van der Waals surface area contributed by atoms with Gasteiger partial charge in [0.2, 0.25) is 5.13 Å². The number of hydrogen-bond acceptors (Lipinski definition) is 10. The van der Waals surface area contributed by atoms with E-state index in [1.54, 1.807) is 60.8 Å². The fourth-order valence-corrected chi connectivity index (χ4v) is 3.97. The highest BCUT2D eigenvalue weighted by molar-refractivity contribution is 7.14. The molecular weight excluding hydrogens is 496 g/mol. The second-order valence-electron chi connectivity index (χ2n) is 7.44. The summed E-state index contributed by atoms with van der Waals surface area (Å²) < 4.78 is 16.5. The number of para-hydroxylation sites is 1. The van der Waals surface area contributed by atoms with E-state index >= 15 is 0 Å². The number of hydrazone groups is 1. The van der Waals surface area contributed by atoms with Gasteiger partial charge >= 0.3 is 5.97 Å². The van der Waals surface area contributed by atoms with E-state index in [9.17, 15) is 14.9 Å². The quantitative estimate of drug-likeness (QED) is 0.0919. The molecule has 0 spiro atoms. The third-order valence-corrected chi connectivity index (χ3v) is 5.80. The average molecular weight is 519 g/mol. The lowest BCUT2D eigenvalue weighted by Gasteiger charge is -2.12. The van der Waals surface area contributed by atoms with Gasteiger partial charge in [0, 0.05) is 23.1 Å². The maximum Gasteiger partial charge on any atom is 0.347 e. The molecule has 0 fully saturated rings. The number of carbonyl (C=O) groups excluding carboxylic acids is 1. The monoisotopic (exact) mass is 518 g/mol. The molecule has 3 aromatic carbocycles. The summed E-state index contributed by atoms with van der Waals surface area (Å²) >= 11 is 1.35.